The molecule has 120 valence electrons. The van der Waals surface area contributed by atoms with Gasteiger partial charge < -0.3 is 10.1 Å². The summed E-state index contributed by atoms with van der Waals surface area (Å²) in [4.78, 5) is 0.229. The lowest BCUT2D eigenvalue weighted by Gasteiger charge is -2.26. The molecule has 0 saturated carbocycles. The molecule has 1 aromatic rings. The fourth-order valence-electron chi connectivity index (χ4n) is 2.39. The highest BCUT2D eigenvalue weighted by Gasteiger charge is 2.29. The summed E-state index contributed by atoms with van der Waals surface area (Å²) in [5.41, 5.74) is 0.912. The average Bonchev–Trinajstić information content (AvgIpc) is 2.48. The Kier molecular flexibility index (Phi) is 6.64. The lowest BCUT2D eigenvalue weighted by Crippen LogP contribution is -2.36. The Balaban J connectivity index is 3.31. The molecule has 0 aromatic heterocycles. The third kappa shape index (κ3) is 3.96. The summed E-state index contributed by atoms with van der Waals surface area (Å²) in [6.07, 6.45) is 1.56. The van der Waals surface area contributed by atoms with Crippen molar-refractivity contribution in [2.24, 2.45) is 0 Å². The SMILES string of the molecule is CCC(CC)N(C)S(=O)(=O)c1cc(CNC)ccc1OC. The highest BCUT2D eigenvalue weighted by Crippen LogP contribution is 2.29. The van der Waals surface area contributed by atoms with E-state index in [-0.39, 0.29) is 10.9 Å². The molecular formula is C15H26N2O3S. The van der Waals surface area contributed by atoms with Gasteiger partial charge in [-0.25, -0.2) is 8.42 Å². The molecule has 0 aliphatic carbocycles. The normalized spacial score (nSPS) is 12.1. The predicted molar refractivity (Wildman–Crippen MR) is 85.1 cm³/mol. The minimum absolute atomic E-state index is 0.00679. The molecule has 1 rings (SSSR count). The van der Waals surface area contributed by atoms with E-state index < -0.39 is 10.0 Å². The molecular weight excluding hydrogens is 288 g/mol. The Bertz CT molecular complexity index is 554. The van der Waals surface area contributed by atoms with Crippen LogP contribution in [0.4, 0.5) is 0 Å². The zero-order valence-electron chi connectivity index (χ0n) is 13.5. The number of methoxy groups -OCH3 is 1. The molecule has 0 fully saturated rings. The van der Waals surface area contributed by atoms with Gasteiger partial charge in [0.15, 0.2) is 0 Å². The van der Waals surface area contributed by atoms with E-state index in [4.69, 9.17) is 4.74 Å². The van der Waals surface area contributed by atoms with Crippen molar-refractivity contribution in [2.75, 3.05) is 21.2 Å². The van der Waals surface area contributed by atoms with Crippen LogP contribution in [0.5, 0.6) is 5.75 Å². The minimum Gasteiger partial charge on any atom is -0.495 e. The molecule has 0 unspecified atom stereocenters. The Hall–Kier alpha value is -1.11. The van der Waals surface area contributed by atoms with Crippen LogP contribution >= 0.6 is 0 Å². The summed E-state index contributed by atoms with van der Waals surface area (Å²) < 4.78 is 32.4. The van der Waals surface area contributed by atoms with Crippen molar-refractivity contribution in [1.29, 1.82) is 0 Å². The molecule has 0 aliphatic heterocycles. The molecule has 0 amide bonds. The van der Waals surface area contributed by atoms with Gasteiger partial charge in [-0.05, 0) is 37.6 Å². The Morgan fingerprint density at radius 2 is 1.90 bits per heavy atom. The fraction of sp³-hybridized carbons (Fsp3) is 0.600. The fourth-order valence-corrected chi connectivity index (χ4v) is 4.10. The summed E-state index contributed by atoms with van der Waals surface area (Å²) in [5, 5.41) is 3.03. The first-order valence-corrected chi connectivity index (χ1v) is 8.65. The molecule has 6 heteroatoms. The Morgan fingerprint density at radius 1 is 1.29 bits per heavy atom. The quantitative estimate of drug-likeness (QED) is 0.799. The summed E-state index contributed by atoms with van der Waals surface area (Å²) in [6, 6.07) is 5.25. The van der Waals surface area contributed by atoms with Crippen molar-refractivity contribution in [1.82, 2.24) is 9.62 Å². The van der Waals surface area contributed by atoms with Crippen LogP contribution in [0.1, 0.15) is 32.3 Å². The number of hydrogen-bond acceptors (Lipinski definition) is 4. The smallest absolute Gasteiger partial charge is 0.246 e. The summed E-state index contributed by atoms with van der Waals surface area (Å²) in [6.45, 7) is 4.60. The van der Waals surface area contributed by atoms with Gasteiger partial charge in [0.05, 0.1) is 7.11 Å². The van der Waals surface area contributed by atoms with Crippen LogP contribution in [0, 0.1) is 0 Å². The number of sulfonamides is 1. The second-order valence-corrected chi connectivity index (χ2v) is 6.97. The molecule has 21 heavy (non-hydrogen) atoms. The predicted octanol–water partition coefficient (Wildman–Crippen LogP) is 2.22. The van der Waals surface area contributed by atoms with Gasteiger partial charge in [0.25, 0.3) is 0 Å². The number of benzene rings is 1. The third-order valence-corrected chi connectivity index (χ3v) is 5.65. The highest BCUT2D eigenvalue weighted by atomic mass is 32.2. The lowest BCUT2D eigenvalue weighted by atomic mass is 10.2. The van der Waals surface area contributed by atoms with Crippen molar-refractivity contribution >= 4 is 10.0 Å². The van der Waals surface area contributed by atoms with Crippen molar-refractivity contribution in [3.05, 3.63) is 23.8 Å². The molecule has 0 aliphatic rings. The molecule has 0 saturated heterocycles. The first-order chi connectivity index (χ1) is 9.92. The zero-order chi connectivity index (χ0) is 16.0. The van der Waals surface area contributed by atoms with E-state index in [2.05, 4.69) is 5.32 Å². The van der Waals surface area contributed by atoms with Gasteiger partial charge in [-0.1, -0.05) is 19.9 Å². The maximum absolute atomic E-state index is 12.9. The van der Waals surface area contributed by atoms with E-state index in [1.807, 2.05) is 27.0 Å². The highest BCUT2D eigenvalue weighted by molar-refractivity contribution is 7.89. The van der Waals surface area contributed by atoms with Crippen LogP contribution in [0.25, 0.3) is 0 Å². The van der Waals surface area contributed by atoms with Crippen molar-refractivity contribution in [3.8, 4) is 5.75 Å². The molecule has 5 nitrogen and oxygen atoms in total. The van der Waals surface area contributed by atoms with Gasteiger partial charge in [0, 0.05) is 19.6 Å². The van der Waals surface area contributed by atoms with Gasteiger partial charge in [-0.2, -0.15) is 4.31 Å². The Morgan fingerprint density at radius 3 is 2.38 bits per heavy atom. The van der Waals surface area contributed by atoms with Crippen LogP contribution in [-0.4, -0.2) is 40.0 Å². The molecule has 0 heterocycles. The van der Waals surface area contributed by atoms with Crippen molar-refractivity contribution in [2.45, 2.75) is 44.2 Å². The number of ether oxygens (including phenoxy) is 1. The molecule has 1 N–H and O–H groups in total. The van der Waals surface area contributed by atoms with E-state index in [1.165, 1.54) is 11.4 Å². The van der Waals surface area contributed by atoms with Gasteiger partial charge >= 0.3 is 0 Å². The summed E-state index contributed by atoms with van der Waals surface area (Å²) in [5.74, 6) is 0.382. The zero-order valence-corrected chi connectivity index (χ0v) is 14.3. The number of rotatable bonds is 8. The molecule has 1 aromatic carbocycles. The van der Waals surface area contributed by atoms with E-state index in [1.54, 1.807) is 19.2 Å². The van der Waals surface area contributed by atoms with Crippen LogP contribution in [0.3, 0.4) is 0 Å². The monoisotopic (exact) mass is 314 g/mol. The van der Waals surface area contributed by atoms with E-state index in [9.17, 15) is 8.42 Å². The van der Waals surface area contributed by atoms with E-state index in [0.29, 0.717) is 12.3 Å². The van der Waals surface area contributed by atoms with Crippen LogP contribution < -0.4 is 10.1 Å². The van der Waals surface area contributed by atoms with Gasteiger partial charge in [-0.15, -0.1) is 0 Å². The first-order valence-electron chi connectivity index (χ1n) is 7.21. The molecule has 0 spiro atoms. The average molecular weight is 314 g/mol. The standard InChI is InChI=1S/C15H26N2O3S/c1-6-13(7-2)17(4)21(18,19)15-10-12(11-16-3)8-9-14(15)20-5/h8-10,13,16H,6-7,11H2,1-5H3. The van der Waals surface area contributed by atoms with Crippen molar-refractivity contribution < 1.29 is 13.2 Å². The third-order valence-electron chi connectivity index (χ3n) is 3.72. The molecule has 0 atom stereocenters. The topological polar surface area (TPSA) is 58.6 Å². The summed E-state index contributed by atoms with van der Waals surface area (Å²) >= 11 is 0. The van der Waals surface area contributed by atoms with Gasteiger partial charge in [-0.3, -0.25) is 0 Å². The summed E-state index contributed by atoms with van der Waals surface area (Å²) in [7, 11) is 1.39. The number of nitrogens with zero attached hydrogens (tertiary/aromatic N) is 1. The van der Waals surface area contributed by atoms with Crippen LogP contribution in [0.2, 0.25) is 0 Å². The lowest BCUT2D eigenvalue weighted by molar-refractivity contribution is 0.345. The number of hydrogen-bond donors (Lipinski definition) is 1. The first kappa shape index (κ1) is 17.9. The second kappa shape index (κ2) is 7.77. The van der Waals surface area contributed by atoms with Gasteiger partial charge in [0.2, 0.25) is 10.0 Å². The molecule has 0 bridgehead atoms. The maximum Gasteiger partial charge on any atom is 0.246 e. The largest absolute Gasteiger partial charge is 0.495 e. The van der Waals surface area contributed by atoms with E-state index >= 15 is 0 Å². The van der Waals surface area contributed by atoms with Crippen LogP contribution in [-0.2, 0) is 16.6 Å². The molecule has 0 radical (unpaired) electrons. The minimum atomic E-state index is -3.57. The van der Waals surface area contributed by atoms with Gasteiger partial charge in [0.1, 0.15) is 10.6 Å². The van der Waals surface area contributed by atoms with E-state index in [0.717, 1.165) is 18.4 Å². The maximum atomic E-state index is 12.9. The Labute approximate surface area is 128 Å². The second-order valence-electron chi connectivity index (χ2n) is 5.01. The van der Waals surface area contributed by atoms with Crippen LogP contribution in [0.15, 0.2) is 23.1 Å². The van der Waals surface area contributed by atoms with Crippen molar-refractivity contribution in [3.63, 3.8) is 0 Å². The number of nitrogens with one attached hydrogen (secondary N) is 1.